The molecule has 0 aliphatic rings. The zero-order chi connectivity index (χ0) is 12.7. The zero-order valence-corrected chi connectivity index (χ0v) is 11.2. The number of hydrogen-bond donors (Lipinski definition) is 2. The SMILES string of the molecule is C=CCOC(C)C(=O)NNc1ccc(Br)cc1. The number of amides is 1. The molecule has 0 saturated carbocycles. The highest BCUT2D eigenvalue weighted by Gasteiger charge is 2.11. The predicted octanol–water partition coefficient (Wildman–Crippen LogP) is 2.48. The average molecular weight is 299 g/mol. The first-order valence-corrected chi connectivity index (χ1v) is 5.96. The molecule has 0 aliphatic carbocycles. The topological polar surface area (TPSA) is 50.4 Å². The number of carbonyl (C=O) groups excluding carboxylic acids is 1. The summed E-state index contributed by atoms with van der Waals surface area (Å²) in [7, 11) is 0. The van der Waals surface area contributed by atoms with Gasteiger partial charge in [0.15, 0.2) is 0 Å². The first kappa shape index (κ1) is 13.7. The standard InChI is InChI=1S/C12H15BrN2O2/c1-3-8-17-9(2)12(16)15-14-11-6-4-10(13)5-7-11/h3-7,9,14H,1,8H2,2H3,(H,15,16). The van der Waals surface area contributed by atoms with E-state index in [0.717, 1.165) is 10.2 Å². The molecule has 1 atom stereocenters. The number of anilines is 1. The highest BCUT2D eigenvalue weighted by Crippen LogP contribution is 2.13. The number of rotatable bonds is 6. The summed E-state index contributed by atoms with van der Waals surface area (Å²) in [6.07, 6.45) is 1.09. The Bertz CT molecular complexity index is 379. The highest BCUT2D eigenvalue weighted by molar-refractivity contribution is 9.10. The lowest BCUT2D eigenvalue weighted by Gasteiger charge is -2.13. The summed E-state index contributed by atoms with van der Waals surface area (Å²) >= 11 is 3.33. The van der Waals surface area contributed by atoms with Crippen LogP contribution in [0.3, 0.4) is 0 Å². The Morgan fingerprint density at radius 1 is 1.53 bits per heavy atom. The van der Waals surface area contributed by atoms with E-state index in [1.807, 2.05) is 24.3 Å². The van der Waals surface area contributed by atoms with E-state index in [-0.39, 0.29) is 5.91 Å². The lowest BCUT2D eigenvalue weighted by molar-refractivity contribution is -0.130. The number of ether oxygens (including phenoxy) is 1. The molecule has 0 heterocycles. The molecule has 1 amide bonds. The van der Waals surface area contributed by atoms with E-state index in [1.165, 1.54) is 0 Å². The van der Waals surface area contributed by atoms with Crippen LogP contribution in [-0.2, 0) is 9.53 Å². The van der Waals surface area contributed by atoms with Crippen molar-refractivity contribution in [2.75, 3.05) is 12.0 Å². The molecule has 17 heavy (non-hydrogen) atoms. The third-order valence-electron chi connectivity index (χ3n) is 2.01. The smallest absolute Gasteiger partial charge is 0.267 e. The van der Waals surface area contributed by atoms with Gasteiger partial charge in [0.05, 0.1) is 12.3 Å². The fraction of sp³-hybridized carbons (Fsp3) is 0.250. The minimum Gasteiger partial charge on any atom is -0.365 e. The van der Waals surface area contributed by atoms with E-state index in [4.69, 9.17) is 4.74 Å². The molecule has 2 N–H and O–H groups in total. The third kappa shape index (κ3) is 5.01. The Morgan fingerprint density at radius 2 is 2.18 bits per heavy atom. The lowest BCUT2D eigenvalue weighted by Crippen LogP contribution is -2.38. The van der Waals surface area contributed by atoms with Gasteiger partial charge in [-0.2, -0.15) is 0 Å². The van der Waals surface area contributed by atoms with E-state index in [9.17, 15) is 4.79 Å². The number of hydrogen-bond acceptors (Lipinski definition) is 3. The third-order valence-corrected chi connectivity index (χ3v) is 2.54. The molecule has 5 heteroatoms. The van der Waals surface area contributed by atoms with E-state index in [2.05, 4.69) is 33.4 Å². The van der Waals surface area contributed by atoms with Crippen molar-refractivity contribution in [2.45, 2.75) is 13.0 Å². The maximum absolute atomic E-state index is 11.5. The van der Waals surface area contributed by atoms with Crippen LogP contribution in [0.4, 0.5) is 5.69 Å². The molecule has 0 saturated heterocycles. The highest BCUT2D eigenvalue weighted by atomic mass is 79.9. The quantitative estimate of drug-likeness (QED) is 0.627. The number of nitrogens with one attached hydrogen (secondary N) is 2. The van der Waals surface area contributed by atoms with Crippen LogP contribution in [0.15, 0.2) is 41.4 Å². The second kappa shape index (κ2) is 7.09. The van der Waals surface area contributed by atoms with Gasteiger partial charge >= 0.3 is 0 Å². The van der Waals surface area contributed by atoms with E-state index in [1.54, 1.807) is 13.0 Å². The number of hydrazine groups is 1. The van der Waals surface area contributed by atoms with Crippen LogP contribution in [0.2, 0.25) is 0 Å². The van der Waals surface area contributed by atoms with Crippen molar-refractivity contribution < 1.29 is 9.53 Å². The first-order valence-electron chi connectivity index (χ1n) is 5.17. The van der Waals surface area contributed by atoms with Crippen molar-refractivity contribution in [1.29, 1.82) is 0 Å². The van der Waals surface area contributed by atoms with Crippen LogP contribution in [0, 0.1) is 0 Å². The van der Waals surface area contributed by atoms with Crippen LogP contribution < -0.4 is 10.9 Å². The van der Waals surface area contributed by atoms with Gasteiger partial charge in [0.2, 0.25) is 0 Å². The summed E-state index contributed by atoms with van der Waals surface area (Å²) in [4.78, 5) is 11.5. The fourth-order valence-electron chi connectivity index (χ4n) is 1.06. The molecule has 0 aromatic heterocycles. The van der Waals surface area contributed by atoms with Crippen LogP contribution in [0.1, 0.15) is 6.92 Å². The van der Waals surface area contributed by atoms with Crippen molar-refractivity contribution in [3.8, 4) is 0 Å². The largest absolute Gasteiger partial charge is 0.365 e. The summed E-state index contributed by atoms with van der Waals surface area (Å²) in [5.74, 6) is -0.227. The maximum Gasteiger partial charge on any atom is 0.267 e. The minimum atomic E-state index is -0.518. The van der Waals surface area contributed by atoms with Crippen LogP contribution in [0.25, 0.3) is 0 Å². The minimum absolute atomic E-state index is 0.227. The van der Waals surface area contributed by atoms with Crippen molar-refractivity contribution >= 4 is 27.5 Å². The molecule has 4 nitrogen and oxygen atoms in total. The van der Waals surface area contributed by atoms with Gasteiger partial charge < -0.3 is 4.74 Å². The van der Waals surface area contributed by atoms with Gasteiger partial charge in [0.1, 0.15) is 6.10 Å². The summed E-state index contributed by atoms with van der Waals surface area (Å²) in [6.45, 7) is 5.55. The maximum atomic E-state index is 11.5. The second-order valence-corrected chi connectivity index (χ2v) is 4.30. The zero-order valence-electron chi connectivity index (χ0n) is 9.57. The van der Waals surface area contributed by atoms with Gasteiger partial charge in [-0.1, -0.05) is 22.0 Å². The molecular weight excluding hydrogens is 284 g/mol. The summed E-state index contributed by atoms with van der Waals surface area (Å²) in [6, 6.07) is 7.46. The normalized spacial score (nSPS) is 11.6. The van der Waals surface area contributed by atoms with Gasteiger partial charge in [-0.25, -0.2) is 0 Å². The predicted molar refractivity (Wildman–Crippen MR) is 71.5 cm³/mol. The van der Waals surface area contributed by atoms with E-state index >= 15 is 0 Å². The molecule has 1 rings (SSSR count). The Labute approximate surface area is 109 Å². The lowest BCUT2D eigenvalue weighted by atomic mass is 10.3. The van der Waals surface area contributed by atoms with E-state index < -0.39 is 6.10 Å². The van der Waals surface area contributed by atoms with Crippen molar-refractivity contribution in [3.05, 3.63) is 41.4 Å². The van der Waals surface area contributed by atoms with Crippen molar-refractivity contribution in [1.82, 2.24) is 5.43 Å². The summed E-state index contributed by atoms with van der Waals surface area (Å²) in [5.41, 5.74) is 6.17. The molecule has 0 fully saturated rings. The monoisotopic (exact) mass is 298 g/mol. The Balaban J connectivity index is 2.37. The van der Waals surface area contributed by atoms with Crippen LogP contribution in [0.5, 0.6) is 0 Å². The van der Waals surface area contributed by atoms with Crippen molar-refractivity contribution in [3.63, 3.8) is 0 Å². The molecule has 0 aliphatic heterocycles. The number of halogens is 1. The van der Waals surface area contributed by atoms with Gasteiger partial charge in [0, 0.05) is 4.47 Å². The van der Waals surface area contributed by atoms with Crippen LogP contribution in [-0.4, -0.2) is 18.6 Å². The fourth-order valence-corrected chi connectivity index (χ4v) is 1.32. The van der Waals surface area contributed by atoms with Crippen molar-refractivity contribution in [2.24, 2.45) is 0 Å². The van der Waals surface area contributed by atoms with E-state index in [0.29, 0.717) is 6.61 Å². The van der Waals surface area contributed by atoms with Gasteiger partial charge in [0.25, 0.3) is 5.91 Å². The summed E-state index contributed by atoms with van der Waals surface area (Å²) < 4.78 is 6.17. The first-order chi connectivity index (χ1) is 8.13. The number of carbonyl (C=O) groups is 1. The Morgan fingerprint density at radius 3 is 2.76 bits per heavy atom. The van der Waals surface area contributed by atoms with Gasteiger partial charge in [-0.15, -0.1) is 6.58 Å². The molecule has 0 spiro atoms. The summed E-state index contributed by atoms with van der Waals surface area (Å²) in [5, 5.41) is 0. The molecule has 1 unspecified atom stereocenters. The molecule has 0 bridgehead atoms. The van der Waals surface area contributed by atoms with Gasteiger partial charge in [-0.05, 0) is 31.2 Å². The Hall–Kier alpha value is -1.33. The van der Waals surface area contributed by atoms with Crippen LogP contribution >= 0.6 is 15.9 Å². The average Bonchev–Trinajstić information content (AvgIpc) is 2.34. The molecule has 92 valence electrons. The molecule has 1 aromatic carbocycles. The molecule has 1 aromatic rings. The Kier molecular flexibility index (Phi) is 5.72. The number of benzene rings is 1. The molecular formula is C12H15BrN2O2. The van der Waals surface area contributed by atoms with Gasteiger partial charge in [-0.3, -0.25) is 15.6 Å². The second-order valence-electron chi connectivity index (χ2n) is 3.39. The molecule has 0 radical (unpaired) electrons.